The Hall–Kier alpha value is -2.17. The van der Waals surface area contributed by atoms with Gasteiger partial charge < -0.3 is 16.2 Å². The van der Waals surface area contributed by atoms with Gasteiger partial charge in [-0.15, -0.1) is 0 Å². The Balaban J connectivity index is 2.07. The number of benzene rings is 2. The van der Waals surface area contributed by atoms with Gasteiger partial charge in [0, 0.05) is 18.7 Å². The molecule has 1 heterocycles. The molecule has 2 aromatic rings. The van der Waals surface area contributed by atoms with Crippen LogP contribution in [0.2, 0.25) is 0 Å². The van der Waals surface area contributed by atoms with Crippen molar-refractivity contribution in [2.24, 2.45) is 11.5 Å². The topological polar surface area (TPSA) is 78.3 Å². The summed E-state index contributed by atoms with van der Waals surface area (Å²) in [5.74, 6) is 0.0256. The second-order valence-corrected chi connectivity index (χ2v) is 4.83. The molecular weight excluding hydrogens is 252 g/mol. The smallest absolute Gasteiger partial charge is 0.323 e. The van der Waals surface area contributed by atoms with Crippen LogP contribution >= 0.6 is 0 Å². The number of carbonyl (C=O) groups is 1. The molecule has 3 rings (SSSR count). The van der Waals surface area contributed by atoms with Gasteiger partial charge in [-0.05, 0) is 22.8 Å². The molecule has 1 aliphatic heterocycles. The standard InChI is InChI=1S/C16H16N2O2/c17-8-11-6-5-10(7-12(11)9-18)15-13-3-1-2-4-14(13)20-16(15)19/h1-7,15H,8-9,17-18H2. The average Bonchev–Trinajstić information content (AvgIpc) is 2.82. The van der Waals surface area contributed by atoms with E-state index < -0.39 is 0 Å². The van der Waals surface area contributed by atoms with Crippen LogP contribution in [0.25, 0.3) is 0 Å². The minimum Gasteiger partial charge on any atom is -0.425 e. The van der Waals surface area contributed by atoms with E-state index in [2.05, 4.69) is 0 Å². The third kappa shape index (κ3) is 1.99. The highest BCUT2D eigenvalue weighted by molar-refractivity contribution is 5.89. The van der Waals surface area contributed by atoms with Crippen LogP contribution < -0.4 is 16.2 Å². The summed E-state index contributed by atoms with van der Waals surface area (Å²) in [6, 6.07) is 13.3. The van der Waals surface area contributed by atoms with Gasteiger partial charge in [0.05, 0.1) is 0 Å². The van der Waals surface area contributed by atoms with Crippen LogP contribution in [0.4, 0.5) is 0 Å². The van der Waals surface area contributed by atoms with Gasteiger partial charge >= 0.3 is 5.97 Å². The Labute approximate surface area is 117 Å². The fourth-order valence-electron chi connectivity index (χ4n) is 2.64. The number of fused-ring (bicyclic) bond motifs is 1. The average molecular weight is 268 g/mol. The maximum Gasteiger partial charge on any atom is 0.323 e. The predicted octanol–water partition coefficient (Wildman–Crippen LogP) is 1.65. The molecule has 1 unspecified atom stereocenters. The molecule has 102 valence electrons. The SMILES string of the molecule is NCc1ccc(C2C(=O)Oc3ccccc32)cc1CN. The molecule has 0 radical (unpaired) electrons. The quantitative estimate of drug-likeness (QED) is 0.655. The van der Waals surface area contributed by atoms with Gasteiger partial charge in [-0.25, -0.2) is 0 Å². The van der Waals surface area contributed by atoms with E-state index in [-0.39, 0.29) is 11.9 Å². The summed E-state index contributed by atoms with van der Waals surface area (Å²) in [6.45, 7) is 0.850. The summed E-state index contributed by atoms with van der Waals surface area (Å²) in [4.78, 5) is 12.1. The van der Waals surface area contributed by atoms with Crippen molar-refractivity contribution in [1.29, 1.82) is 0 Å². The van der Waals surface area contributed by atoms with Gasteiger partial charge in [0.15, 0.2) is 0 Å². The molecule has 0 aromatic heterocycles. The maximum absolute atomic E-state index is 12.1. The van der Waals surface area contributed by atoms with Crippen molar-refractivity contribution in [1.82, 2.24) is 0 Å². The first kappa shape index (κ1) is 12.8. The van der Waals surface area contributed by atoms with Crippen molar-refractivity contribution >= 4 is 5.97 Å². The molecule has 4 heteroatoms. The molecule has 4 N–H and O–H groups in total. The zero-order valence-corrected chi connectivity index (χ0v) is 11.0. The van der Waals surface area contributed by atoms with Crippen molar-refractivity contribution < 1.29 is 9.53 Å². The number of esters is 1. The molecule has 2 aromatic carbocycles. The van der Waals surface area contributed by atoms with Crippen LogP contribution in [-0.2, 0) is 17.9 Å². The predicted molar refractivity (Wildman–Crippen MR) is 76.1 cm³/mol. The van der Waals surface area contributed by atoms with Crippen molar-refractivity contribution in [2.45, 2.75) is 19.0 Å². The highest BCUT2D eigenvalue weighted by Gasteiger charge is 2.34. The van der Waals surface area contributed by atoms with E-state index in [0.29, 0.717) is 18.8 Å². The van der Waals surface area contributed by atoms with Crippen molar-refractivity contribution in [2.75, 3.05) is 0 Å². The number of para-hydroxylation sites is 1. The van der Waals surface area contributed by atoms with Crippen molar-refractivity contribution in [3.05, 3.63) is 64.7 Å². The lowest BCUT2D eigenvalue weighted by atomic mass is 9.90. The first-order valence-corrected chi connectivity index (χ1v) is 6.57. The lowest BCUT2D eigenvalue weighted by Crippen LogP contribution is -2.13. The highest BCUT2D eigenvalue weighted by atomic mass is 16.5. The number of nitrogens with two attached hydrogens (primary N) is 2. The summed E-state index contributed by atoms with van der Waals surface area (Å²) < 4.78 is 5.31. The number of hydrogen-bond acceptors (Lipinski definition) is 4. The lowest BCUT2D eigenvalue weighted by Gasteiger charge is -2.12. The Morgan fingerprint density at radius 3 is 2.50 bits per heavy atom. The van der Waals surface area contributed by atoms with E-state index in [1.807, 2.05) is 42.5 Å². The number of ether oxygens (including phenoxy) is 1. The second kappa shape index (κ2) is 5.07. The van der Waals surface area contributed by atoms with E-state index in [1.54, 1.807) is 0 Å². The third-order valence-electron chi connectivity index (χ3n) is 3.68. The minimum absolute atomic E-state index is 0.241. The molecule has 0 fully saturated rings. The molecule has 1 aliphatic rings. The Morgan fingerprint density at radius 1 is 1.00 bits per heavy atom. The first-order valence-electron chi connectivity index (χ1n) is 6.57. The molecule has 1 atom stereocenters. The van der Waals surface area contributed by atoms with E-state index in [0.717, 1.165) is 22.3 Å². The molecular formula is C16H16N2O2. The summed E-state index contributed by atoms with van der Waals surface area (Å²) in [5, 5.41) is 0. The van der Waals surface area contributed by atoms with Gasteiger partial charge in [0.1, 0.15) is 11.7 Å². The Kier molecular flexibility index (Phi) is 3.26. The van der Waals surface area contributed by atoms with E-state index in [1.165, 1.54) is 0 Å². The van der Waals surface area contributed by atoms with Crippen LogP contribution in [0, 0.1) is 0 Å². The molecule has 0 saturated carbocycles. The number of carbonyl (C=O) groups excluding carboxylic acids is 1. The number of hydrogen-bond donors (Lipinski definition) is 2. The fraction of sp³-hybridized carbons (Fsp3) is 0.188. The first-order chi connectivity index (χ1) is 9.74. The van der Waals surface area contributed by atoms with Crippen LogP contribution in [0.15, 0.2) is 42.5 Å². The number of rotatable bonds is 3. The molecule has 20 heavy (non-hydrogen) atoms. The molecule has 0 bridgehead atoms. The Morgan fingerprint density at radius 2 is 1.75 bits per heavy atom. The lowest BCUT2D eigenvalue weighted by molar-refractivity contribution is -0.133. The fourth-order valence-corrected chi connectivity index (χ4v) is 2.64. The molecule has 0 aliphatic carbocycles. The van der Waals surface area contributed by atoms with Gasteiger partial charge in [-0.1, -0.05) is 36.4 Å². The molecule has 0 saturated heterocycles. The summed E-state index contributed by atoms with van der Waals surface area (Å²) >= 11 is 0. The Bertz CT molecular complexity index is 667. The van der Waals surface area contributed by atoms with Gasteiger partial charge in [0.25, 0.3) is 0 Å². The van der Waals surface area contributed by atoms with E-state index in [9.17, 15) is 4.79 Å². The zero-order chi connectivity index (χ0) is 14.1. The summed E-state index contributed by atoms with van der Waals surface area (Å²) in [7, 11) is 0. The van der Waals surface area contributed by atoms with Crippen LogP contribution in [0.3, 0.4) is 0 Å². The largest absolute Gasteiger partial charge is 0.425 e. The molecule has 0 amide bonds. The van der Waals surface area contributed by atoms with E-state index >= 15 is 0 Å². The normalized spacial score (nSPS) is 16.9. The van der Waals surface area contributed by atoms with Crippen LogP contribution in [-0.4, -0.2) is 5.97 Å². The summed E-state index contributed by atoms with van der Waals surface area (Å²) in [6.07, 6.45) is 0. The second-order valence-electron chi connectivity index (χ2n) is 4.83. The molecule has 4 nitrogen and oxygen atoms in total. The zero-order valence-electron chi connectivity index (χ0n) is 11.0. The van der Waals surface area contributed by atoms with Crippen LogP contribution in [0.5, 0.6) is 5.75 Å². The van der Waals surface area contributed by atoms with Crippen molar-refractivity contribution in [3.8, 4) is 5.75 Å². The molecule has 0 spiro atoms. The third-order valence-corrected chi connectivity index (χ3v) is 3.68. The van der Waals surface area contributed by atoms with Gasteiger partial charge in [-0.3, -0.25) is 4.79 Å². The highest BCUT2D eigenvalue weighted by Crippen LogP contribution is 2.39. The van der Waals surface area contributed by atoms with Gasteiger partial charge in [0.2, 0.25) is 0 Å². The monoisotopic (exact) mass is 268 g/mol. The summed E-state index contributed by atoms with van der Waals surface area (Å²) in [5.41, 5.74) is 15.2. The van der Waals surface area contributed by atoms with E-state index in [4.69, 9.17) is 16.2 Å². The van der Waals surface area contributed by atoms with Crippen LogP contribution in [0.1, 0.15) is 28.2 Å². The van der Waals surface area contributed by atoms with Gasteiger partial charge in [-0.2, -0.15) is 0 Å². The van der Waals surface area contributed by atoms with Crippen molar-refractivity contribution in [3.63, 3.8) is 0 Å². The minimum atomic E-state index is -0.372. The maximum atomic E-state index is 12.1.